The first kappa shape index (κ1) is 27.7. The maximum atomic E-state index is 7.02. The monoisotopic (exact) mass is 502 g/mol. The maximum Gasteiger partial charge on any atom is -0.147 e. The van der Waals surface area contributed by atoms with Crippen molar-refractivity contribution < 1.29 is 20.8 Å². The normalized spacial score (nSPS) is 17.9. The van der Waals surface area contributed by atoms with Gasteiger partial charge in [0.05, 0.1) is 0 Å². The van der Waals surface area contributed by atoms with Gasteiger partial charge in [-0.1, -0.05) is 0 Å². The Kier molecular flexibility index (Phi) is 10.2. The second-order valence-electron chi connectivity index (χ2n) is 9.86. The summed E-state index contributed by atoms with van der Waals surface area (Å²) in [6.45, 7) is 13.2. The van der Waals surface area contributed by atoms with Gasteiger partial charge in [-0.2, -0.15) is 0 Å². The van der Waals surface area contributed by atoms with E-state index in [9.17, 15) is 0 Å². The number of aryl methyl sites for hydroxylation is 1. The molecule has 2 nitrogen and oxygen atoms in total. The molecule has 0 spiro atoms. The minimum absolute atomic E-state index is 0. The molecule has 0 saturated carbocycles. The van der Waals surface area contributed by atoms with E-state index in [4.69, 9.17) is 3.32 Å². The number of halogens is 2. The van der Waals surface area contributed by atoms with Crippen LogP contribution in [0.2, 0.25) is 13.1 Å². The topological polar surface area (TPSA) is 12.5 Å². The van der Waals surface area contributed by atoms with Gasteiger partial charge in [-0.3, -0.25) is 0 Å². The van der Waals surface area contributed by atoms with Gasteiger partial charge in [0, 0.05) is 0 Å². The molecule has 0 bridgehead atoms. The molecule has 30 heavy (non-hydrogen) atoms. The van der Waals surface area contributed by atoms with E-state index in [0.29, 0.717) is 10.3 Å². The Bertz CT molecular complexity index is 838. The quantitative estimate of drug-likeness (QED) is 0.447. The van der Waals surface area contributed by atoms with Crippen LogP contribution < -0.4 is 3.32 Å². The number of fused-ring (bicyclic) bond motifs is 1. The van der Waals surface area contributed by atoms with Crippen molar-refractivity contribution in [2.45, 2.75) is 62.9 Å². The minimum Gasteiger partial charge on any atom is -0.147 e. The van der Waals surface area contributed by atoms with Crippen LogP contribution in [0.4, 0.5) is 0 Å². The van der Waals surface area contributed by atoms with Crippen molar-refractivity contribution >= 4 is 31.5 Å². The van der Waals surface area contributed by atoms with Crippen molar-refractivity contribution in [3.63, 3.8) is 0 Å². The zero-order valence-corrected chi connectivity index (χ0v) is 24.0. The molecule has 2 atom stereocenters. The molecule has 0 aliphatic heterocycles. The van der Waals surface area contributed by atoms with E-state index in [2.05, 4.69) is 102 Å². The van der Waals surface area contributed by atoms with Crippen LogP contribution in [0.15, 0.2) is 42.5 Å². The SMILES string of the molecule is Cc1cc([O][Ti]([CH]2c3ccccc3CC2N(C)C)[SiH](C)C)cc(C(C)(C)C)c1.Cl.Cl. The van der Waals surface area contributed by atoms with Crippen molar-refractivity contribution in [2.75, 3.05) is 14.1 Å². The molecule has 1 aliphatic carbocycles. The van der Waals surface area contributed by atoms with E-state index in [0.717, 1.165) is 12.2 Å². The fourth-order valence-corrected chi connectivity index (χ4v) is 14.9. The summed E-state index contributed by atoms with van der Waals surface area (Å²) in [5.41, 5.74) is 5.93. The minimum atomic E-state index is -1.78. The molecule has 0 N–H and O–H groups in total. The van der Waals surface area contributed by atoms with Crippen molar-refractivity contribution in [3.05, 3.63) is 64.7 Å². The van der Waals surface area contributed by atoms with Crippen molar-refractivity contribution in [3.8, 4) is 5.75 Å². The van der Waals surface area contributed by atoms with Crippen LogP contribution in [0.25, 0.3) is 0 Å². The van der Waals surface area contributed by atoms with E-state index in [1.807, 2.05) is 0 Å². The van der Waals surface area contributed by atoms with E-state index < -0.39 is 24.2 Å². The third-order valence-corrected chi connectivity index (χ3v) is 17.1. The molecule has 0 aromatic heterocycles. The van der Waals surface area contributed by atoms with Crippen molar-refractivity contribution in [1.29, 1.82) is 0 Å². The molecule has 2 aromatic rings. The van der Waals surface area contributed by atoms with Crippen LogP contribution in [0.3, 0.4) is 0 Å². The standard InChI is InChI=1S/C11H14N.C11H16O.C2H7Si.2ClH.Ti/c1-12(2)11-7-9-5-3-4-6-10(9)8-11;1-8-5-9(11(2,3)4)7-10(12)6-8;1-3-2;;;/h3-7,11H,8H2,1-2H3;5-7,12H,1-4H3;3H,1-2H3;2*1H;/q;;;;;+1/p-1. The fraction of sp³-hybridized carbons (Fsp3) is 0.500. The molecule has 0 heterocycles. The van der Waals surface area contributed by atoms with Gasteiger partial charge in [0.15, 0.2) is 0 Å². The van der Waals surface area contributed by atoms with Crippen molar-refractivity contribution in [1.82, 2.24) is 4.90 Å². The van der Waals surface area contributed by atoms with Gasteiger partial charge in [0.1, 0.15) is 0 Å². The van der Waals surface area contributed by atoms with Crippen LogP contribution in [0, 0.1) is 6.92 Å². The first-order valence-corrected chi connectivity index (χ1v) is 17.6. The Hall–Kier alpha value is -0.289. The average Bonchev–Trinajstić information content (AvgIpc) is 2.98. The summed E-state index contributed by atoms with van der Waals surface area (Å²) in [5.74, 6) is 1.11. The Morgan fingerprint density at radius 1 is 1.03 bits per heavy atom. The molecule has 2 aromatic carbocycles. The van der Waals surface area contributed by atoms with Crippen molar-refractivity contribution in [2.24, 2.45) is 0 Å². The molecular formula is C24H38Cl2NOSiTi. The number of hydrogen-bond donors (Lipinski definition) is 0. The Morgan fingerprint density at radius 3 is 2.23 bits per heavy atom. The Balaban J connectivity index is 0.00000225. The molecule has 6 heteroatoms. The van der Waals surface area contributed by atoms with Crippen LogP contribution in [-0.4, -0.2) is 31.7 Å². The third kappa shape index (κ3) is 6.15. The molecule has 0 radical (unpaired) electrons. The van der Waals surface area contributed by atoms with E-state index in [1.165, 1.54) is 16.7 Å². The molecule has 2 unspecified atom stereocenters. The first-order chi connectivity index (χ1) is 13.1. The molecule has 0 fully saturated rings. The largest absolute Gasteiger partial charge is 0.147 e. The average molecular weight is 503 g/mol. The summed E-state index contributed by atoms with van der Waals surface area (Å²) < 4.78 is 7.62. The molecule has 0 saturated heterocycles. The molecular weight excluding hydrogens is 465 g/mol. The van der Waals surface area contributed by atoms with Crippen LogP contribution in [-0.2, 0) is 29.3 Å². The number of likely N-dealkylation sites (N-methyl/N-ethyl adjacent to an activating group) is 1. The van der Waals surface area contributed by atoms with Crippen LogP contribution in [0.5, 0.6) is 5.75 Å². The summed E-state index contributed by atoms with van der Waals surface area (Å²) in [7, 11) is 4.48. The number of benzene rings is 2. The number of nitrogens with zero attached hydrogens (tertiary/aromatic N) is 1. The molecule has 0 amide bonds. The maximum absolute atomic E-state index is 7.02. The second kappa shape index (κ2) is 11.0. The van der Waals surface area contributed by atoms with Gasteiger partial charge >= 0.3 is 180 Å². The first-order valence-electron chi connectivity index (χ1n) is 10.5. The second-order valence-corrected chi connectivity index (χ2v) is 22.5. The molecule has 167 valence electrons. The predicted molar refractivity (Wildman–Crippen MR) is 134 cm³/mol. The van der Waals surface area contributed by atoms with E-state index in [-0.39, 0.29) is 30.2 Å². The summed E-state index contributed by atoms with van der Waals surface area (Å²) >= 11 is -1.78. The number of rotatable bonds is 5. The molecule has 3 rings (SSSR count). The Labute approximate surface area is 203 Å². The zero-order valence-electron chi connectivity index (χ0n) is 19.7. The summed E-state index contributed by atoms with van der Waals surface area (Å²) in [6.07, 6.45) is 1.16. The van der Waals surface area contributed by atoms with Gasteiger partial charge in [-0.25, -0.2) is 0 Å². The zero-order chi connectivity index (χ0) is 20.6. The van der Waals surface area contributed by atoms with Crippen LogP contribution in [0.1, 0.15) is 47.2 Å². The Morgan fingerprint density at radius 2 is 1.67 bits per heavy atom. The molecule has 1 aliphatic rings. The van der Waals surface area contributed by atoms with Gasteiger partial charge < -0.3 is 0 Å². The van der Waals surface area contributed by atoms with E-state index >= 15 is 0 Å². The predicted octanol–water partition coefficient (Wildman–Crippen LogP) is 6.26. The van der Waals surface area contributed by atoms with Gasteiger partial charge in [0.2, 0.25) is 0 Å². The van der Waals surface area contributed by atoms with Gasteiger partial charge in [-0.05, 0) is 0 Å². The third-order valence-electron chi connectivity index (χ3n) is 5.90. The smallest absolute Gasteiger partial charge is 0.147 e. The number of hydrogen-bond acceptors (Lipinski definition) is 2. The summed E-state index contributed by atoms with van der Waals surface area (Å²) in [4.78, 5) is 2.44. The summed E-state index contributed by atoms with van der Waals surface area (Å²) in [6, 6.07) is 16.6. The van der Waals surface area contributed by atoms with Gasteiger partial charge in [-0.15, -0.1) is 24.8 Å². The van der Waals surface area contributed by atoms with E-state index in [1.54, 1.807) is 5.56 Å². The van der Waals surface area contributed by atoms with Crippen LogP contribution >= 0.6 is 24.8 Å². The van der Waals surface area contributed by atoms with Gasteiger partial charge in [0.25, 0.3) is 0 Å². The summed E-state index contributed by atoms with van der Waals surface area (Å²) in [5, 5.41) is 0. The fourth-order valence-electron chi connectivity index (χ4n) is 4.31.